The Morgan fingerprint density at radius 1 is 1.06 bits per heavy atom. The number of aryl methyl sites for hydroxylation is 2. The highest BCUT2D eigenvalue weighted by atomic mass is 32.2. The Morgan fingerprint density at radius 3 is 2.52 bits per heavy atom. The van der Waals surface area contributed by atoms with E-state index in [1.165, 1.54) is 17.3 Å². The number of thioether (sulfide) groups is 1. The quantitative estimate of drug-likeness (QED) is 0.528. The number of hydrogen-bond donors (Lipinski definition) is 1. The highest BCUT2D eigenvalue weighted by Crippen LogP contribution is 2.26. The molecule has 33 heavy (non-hydrogen) atoms. The molecule has 1 aliphatic rings. The molecule has 0 radical (unpaired) electrons. The molecule has 174 valence electrons. The zero-order chi connectivity index (χ0) is 23.5. The summed E-state index contributed by atoms with van der Waals surface area (Å²) in [5, 5.41) is 3.66. The van der Waals surface area contributed by atoms with Crippen LogP contribution in [0.3, 0.4) is 0 Å². The van der Waals surface area contributed by atoms with Gasteiger partial charge in [-0.1, -0.05) is 43.8 Å². The zero-order valence-electron chi connectivity index (χ0n) is 19.8. The third-order valence-corrected chi connectivity index (χ3v) is 7.23. The van der Waals surface area contributed by atoms with Gasteiger partial charge in [0.25, 0.3) is 0 Å². The second kappa shape index (κ2) is 10.00. The van der Waals surface area contributed by atoms with Gasteiger partial charge >= 0.3 is 0 Å². The predicted molar refractivity (Wildman–Crippen MR) is 135 cm³/mol. The summed E-state index contributed by atoms with van der Waals surface area (Å²) in [6.45, 7) is 10.3. The summed E-state index contributed by atoms with van der Waals surface area (Å²) in [7, 11) is 0. The molecule has 1 aliphatic heterocycles. The van der Waals surface area contributed by atoms with Gasteiger partial charge in [-0.05, 0) is 67.5 Å². The predicted octanol–water partition coefficient (Wildman–Crippen LogP) is 4.89. The molecule has 1 aromatic heterocycles. The van der Waals surface area contributed by atoms with E-state index >= 15 is 0 Å². The summed E-state index contributed by atoms with van der Waals surface area (Å²) >= 11 is 1.37. The molecule has 0 saturated carbocycles. The average Bonchev–Trinajstić information content (AvgIpc) is 3.11. The van der Waals surface area contributed by atoms with Gasteiger partial charge in [-0.15, -0.1) is 0 Å². The third kappa shape index (κ3) is 5.58. The van der Waals surface area contributed by atoms with E-state index in [1.54, 1.807) is 0 Å². The van der Waals surface area contributed by atoms with Gasteiger partial charge in [0.05, 0.1) is 16.8 Å². The maximum Gasteiger partial charge on any atom is 0.242 e. The first-order chi connectivity index (χ1) is 15.8. The summed E-state index contributed by atoms with van der Waals surface area (Å²) in [6, 6.07) is 13.7. The van der Waals surface area contributed by atoms with Crippen molar-refractivity contribution in [1.29, 1.82) is 0 Å². The number of piperidine rings is 1. The van der Waals surface area contributed by atoms with Crippen molar-refractivity contribution in [3.05, 3.63) is 53.6 Å². The number of nitrogens with one attached hydrogen (secondary N) is 1. The number of imidazole rings is 1. The fourth-order valence-electron chi connectivity index (χ4n) is 4.56. The van der Waals surface area contributed by atoms with Gasteiger partial charge < -0.3 is 14.8 Å². The number of hydrogen-bond acceptors (Lipinski definition) is 4. The maximum atomic E-state index is 13.2. The monoisotopic (exact) mass is 464 g/mol. The van der Waals surface area contributed by atoms with Crippen molar-refractivity contribution in [3.63, 3.8) is 0 Å². The largest absolute Gasteiger partial charge is 0.341 e. The number of rotatable bonds is 6. The standard InChI is InChI=1S/C26H32N4O2S/c1-17-11-18(2)14-29(13-17)25(32)15-30-23-8-6-5-7-22(23)28-26(30)33-16-24(31)27-21-10-9-19(3)20(4)12-21/h5-10,12,17-18H,11,13-16H2,1-4H3,(H,27,31). The first-order valence-corrected chi connectivity index (χ1v) is 12.5. The fourth-order valence-corrected chi connectivity index (χ4v) is 5.38. The molecule has 7 heteroatoms. The minimum Gasteiger partial charge on any atom is -0.341 e. The number of para-hydroxylation sites is 2. The molecule has 0 aliphatic carbocycles. The molecule has 6 nitrogen and oxygen atoms in total. The van der Waals surface area contributed by atoms with E-state index in [2.05, 4.69) is 19.2 Å². The maximum absolute atomic E-state index is 13.2. The Morgan fingerprint density at radius 2 is 1.79 bits per heavy atom. The van der Waals surface area contributed by atoms with Gasteiger partial charge in [-0.3, -0.25) is 9.59 Å². The molecule has 2 aromatic carbocycles. The molecule has 0 spiro atoms. The zero-order valence-corrected chi connectivity index (χ0v) is 20.6. The van der Waals surface area contributed by atoms with Gasteiger partial charge in [0.15, 0.2) is 5.16 Å². The molecule has 1 fully saturated rings. The summed E-state index contributed by atoms with van der Waals surface area (Å²) < 4.78 is 1.95. The molecule has 2 amide bonds. The molecule has 2 unspecified atom stereocenters. The highest BCUT2D eigenvalue weighted by Gasteiger charge is 2.26. The van der Waals surface area contributed by atoms with Crippen LogP contribution in [0.1, 0.15) is 31.4 Å². The number of carbonyl (C=O) groups excluding carboxylic acids is 2. The van der Waals surface area contributed by atoms with Crippen LogP contribution < -0.4 is 5.32 Å². The van der Waals surface area contributed by atoms with Crippen LogP contribution in [0, 0.1) is 25.7 Å². The summed E-state index contributed by atoms with van der Waals surface area (Å²) in [5.41, 5.74) is 4.88. The van der Waals surface area contributed by atoms with Gasteiger partial charge in [0, 0.05) is 18.8 Å². The smallest absolute Gasteiger partial charge is 0.242 e. The van der Waals surface area contributed by atoms with E-state index in [9.17, 15) is 9.59 Å². The Labute approximate surface area is 199 Å². The van der Waals surface area contributed by atoms with Crippen molar-refractivity contribution in [2.24, 2.45) is 11.8 Å². The Hall–Kier alpha value is -2.80. The van der Waals surface area contributed by atoms with Crippen molar-refractivity contribution in [1.82, 2.24) is 14.5 Å². The van der Waals surface area contributed by atoms with E-state index < -0.39 is 0 Å². The van der Waals surface area contributed by atoms with Crippen molar-refractivity contribution in [2.75, 3.05) is 24.2 Å². The van der Waals surface area contributed by atoms with Gasteiger partial charge in [0.2, 0.25) is 11.8 Å². The van der Waals surface area contributed by atoms with E-state index in [-0.39, 0.29) is 24.1 Å². The van der Waals surface area contributed by atoms with Crippen LogP contribution in [-0.4, -0.2) is 45.1 Å². The van der Waals surface area contributed by atoms with Crippen LogP contribution >= 0.6 is 11.8 Å². The minimum atomic E-state index is -0.0909. The fraction of sp³-hybridized carbons (Fsp3) is 0.423. The van der Waals surface area contributed by atoms with Crippen molar-refractivity contribution >= 4 is 40.3 Å². The lowest BCUT2D eigenvalue weighted by Gasteiger charge is -2.35. The van der Waals surface area contributed by atoms with E-state index in [4.69, 9.17) is 4.98 Å². The molecule has 1 saturated heterocycles. The highest BCUT2D eigenvalue weighted by molar-refractivity contribution is 7.99. The van der Waals surface area contributed by atoms with Crippen LogP contribution in [0.15, 0.2) is 47.6 Å². The molecule has 3 aromatic rings. The number of fused-ring (bicyclic) bond motifs is 1. The second-order valence-electron chi connectivity index (χ2n) is 9.35. The number of nitrogens with zero attached hydrogens (tertiary/aromatic N) is 3. The van der Waals surface area contributed by atoms with E-state index in [1.807, 2.05) is 65.8 Å². The molecule has 4 rings (SSSR count). The Kier molecular flexibility index (Phi) is 7.08. The molecule has 0 bridgehead atoms. The van der Waals surface area contributed by atoms with Gasteiger partial charge in [-0.2, -0.15) is 0 Å². The van der Waals surface area contributed by atoms with Gasteiger partial charge in [-0.25, -0.2) is 4.98 Å². The minimum absolute atomic E-state index is 0.0909. The lowest BCUT2D eigenvalue weighted by molar-refractivity contribution is -0.134. The first kappa shape index (κ1) is 23.4. The number of anilines is 1. The van der Waals surface area contributed by atoms with Crippen molar-refractivity contribution < 1.29 is 9.59 Å². The number of benzene rings is 2. The normalized spacial score (nSPS) is 18.5. The topological polar surface area (TPSA) is 67.2 Å². The molecular weight excluding hydrogens is 432 g/mol. The molecule has 2 heterocycles. The number of aromatic nitrogens is 2. The van der Waals surface area contributed by atoms with Crippen LogP contribution in [-0.2, 0) is 16.1 Å². The second-order valence-corrected chi connectivity index (χ2v) is 10.3. The molecular formula is C26H32N4O2S. The SMILES string of the molecule is Cc1ccc(NC(=O)CSc2nc3ccccc3n2CC(=O)N2CC(C)CC(C)C2)cc1C. The van der Waals surface area contributed by atoms with Crippen LogP contribution in [0.4, 0.5) is 5.69 Å². The van der Waals surface area contributed by atoms with Crippen LogP contribution in [0.5, 0.6) is 0 Å². The number of amides is 2. The third-order valence-electron chi connectivity index (χ3n) is 6.26. The Bertz CT molecular complexity index is 1160. The van der Waals surface area contributed by atoms with Gasteiger partial charge in [0.1, 0.15) is 6.54 Å². The summed E-state index contributed by atoms with van der Waals surface area (Å²) in [5.74, 6) is 1.27. The summed E-state index contributed by atoms with van der Waals surface area (Å²) in [4.78, 5) is 32.5. The molecule has 2 atom stereocenters. The Balaban J connectivity index is 1.48. The lowest BCUT2D eigenvalue weighted by Crippen LogP contribution is -2.44. The van der Waals surface area contributed by atoms with E-state index in [0.717, 1.165) is 41.8 Å². The average molecular weight is 465 g/mol. The first-order valence-electron chi connectivity index (χ1n) is 11.5. The van der Waals surface area contributed by atoms with Crippen molar-refractivity contribution in [2.45, 2.75) is 45.8 Å². The van der Waals surface area contributed by atoms with Crippen molar-refractivity contribution in [3.8, 4) is 0 Å². The molecule has 1 N–H and O–H groups in total. The lowest BCUT2D eigenvalue weighted by atomic mass is 9.92. The van der Waals surface area contributed by atoms with Crippen LogP contribution in [0.25, 0.3) is 11.0 Å². The summed E-state index contributed by atoms with van der Waals surface area (Å²) in [6.07, 6.45) is 1.16. The van der Waals surface area contributed by atoms with E-state index in [0.29, 0.717) is 17.0 Å². The van der Waals surface area contributed by atoms with Crippen LogP contribution in [0.2, 0.25) is 0 Å². The number of carbonyl (C=O) groups is 2. The number of likely N-dealkylation sites (tertiary alicyclic amines) is 1.